The second kappa shape index (κ2) is 11.0. The molecule has 1 aliphatic carbocycles. The average molecular weight is 515 g/mol. The molecule has 0 unspecified atom stereocenters. The quantitative estimate of drug-likeness (QED) is 0.321. The third-order valence-electron chi connectivity index (χ3n) is 7.18. The number of aryl methyl sites for hydroxylation is 1. The predicted octanol–water partition coefficient (Wildman–Crippen LogP) is 2.90. The second-order valence-electron chi connectivity index (χ2n) is 9.54. The Labute approximate surface area is 214 Å². The van der Waals surface area contributed by atoms with E-state index in [1.807, 2.05) is 6.92 Å². The highest BCUT2D eigenvalue weighted by atomic mass is 16.6. The summed E-state index contributed by atoms with van der Waals surface area (Å²) < 4.78 is 18.4. The highest BCUT2D eigenvalue weighted by Gasteiger charge is 2.50. The summed E-state index contributed by atoms with van der Waals surface area (Å²) in [5, 5.41) is 21.9. The first-order chi connectivity index (χ1) is 18.1. The number of carbonyl (C=O) groups excluding carboxylic acids is 1. The van der Waals surface area contributed by atoms with Crippen molar-refractivity contribution in [2.24, 2.45) is 0 Å². The highest BCUT2D eigenvalue weighted by molar-refractivity contribution is 5.84. The number of nitrogens with one attached hydrogen (secondary N) is 2. The van der Waals surface area contributed by atoms with Gasteiger partial charge in [-0.1, -0.05) is 38.8 Å². The van der Waals surface area contributed by atoms with Crippen LogP contribution in [0.25, 0.3) is 11.2 Å². The van der Waals surface area contributed by atoms with Crippen LogP contribution >= 0.6 is 0 Å². The first kappa shape index (κ1) is 25.3. The van der Waals surface area contributed by atoms with E-state index in [1.165, 1.54) is 12.8 Å². The maximum atomic E-state index is 11.4. The molecule has 1 saturated heterocycles. The zero-order valence-corrected chi connectivity index (χ0v) is 21.3. The molecule has 37 heavy (non-hydrogen) atoms. The van der Waals surface area contributed by atoms with Gasteiger partial charge in [0.05, 0.1) is 6.33 Å². The first-order valence-electron chi connectivity index (χ1n) is 13.1. The number of aliphatic hydroxyl groups excluding tert-OH is 1. The molecule has 13 nitrogen and oxygen atoms in total. The number of ether oxygens (including phenoxy) is 2. The molecule has 3 aromatic rings. The van der Waals surface area contributed by atoms with Gasteiger partial charge in [-0.25, -0.2) is 4.98 Å². The van der Waals surface area contributed by atoms with Gasteiger partial charge in [0, 0.05) is 18.5 Å². The van der Waals surface area contributed by atoms with Crippen molar-refractivity contribution in [2.45, 2.75) is 102 Å². The summed E-state index contributed by atoms with van der Waals surface area (Å²) in [6.07, 6.45) is 4.24. The number of anilines is 2. The molecular weight excluding hydrogens is 480 g/mol. The summed E-state index contributed by atoms with van der Waals surface area (Å²) in [5.74, 6) is 1.71. The molecule has 13 heteroatoms. The summed E-state index contributed by atoms with van der Waals surface area (Å²) in [6.45, 7) is 6.42. The van der Waals surface area contributed by atoms with Crippen molar-refractivity contribution in [1.29, 1.82) is 0 Å². The Hall–Kier alpha value is -3.32. The normalized spacial score (nSPS) is 24.2. The van der Waals surface area contributed by atoms with Crippen LogP contribution in [0.15, 0.2) is 10.9 Å². The molecule has 4 atom stereocenters. The SMILES string of the molecule is CCc1noc([C@H]2O[C@@H](n3cnc4c(NC(CC)CC)nc(NC5CCCC5)nc43)[C@H](OC=O)[C@@H]2O)n1. The van der Waals surface area contributed by atoms with Crippen LogP contribution in [0.4, 0.5) is 11.8 Å². The Morgan fingerprint density at radius 2 is 2.00 bits per heavy atom. The molecule has 200 valence electrons. The van der Waals surface area contributed by atoms with Gasteiger partial charge in [0.15, 0.2) is 41.2 Å². The fourth-order valence-electron chi connectivity index (χ4n) is 5.02. The van der Waals surface area contributed by atoms with Crippen molar-refractivity contribution in [2.75, 3.05) is 10.6 Å². The minimum absolute atomic E-state index is 0.116. The number of carbonyl (C=O) groups is 1. The molecule has 0 radical (unpaired) electrons. The van der Waals surface area contributed by atoms with Gasteiger partial charge in [0.1, 0.15) is 6.10 Å². The lowest BCUT2D eigenvalue weighted by molar-refractivity contribution is -0.142. The summed E-state index contributed by atoms with van der Waals surface area (Å²) in [4.78, 5) is 29.8. The van der Waals surface area contributed by atoms with Crippen molar-refractivity contribution < 1.29 is 23.9 Å². The van der Waals surface area contributed by atoms with Gasteiger partial charge in [-0.05, 0) is 25.7 Å². The Balaban J connectivity index is 1.54. The topological polar surface area (TPSA) is 162 Å². The van der Waals surface area contributed by atoms with E-state index in [4.69, 9.17) is 24.0 Å². The lowest BCUT2D eigenvalue weighted by Gasteiger charge is -2.21. The molecule has 3 aromatic heterocycles. The maximum absolute atomic E-state index is 11.4. The van der Waals surface area contributed by atoms with E-state index < -0.39 is 24.5 Å². The van der Waals surface area contributed by atoms with Gasteiger partial charge < -0.3 is 29.7 Å². The summed E-state index contributed by atoms with van der Waals surface area (Å²) in [7, 11) is 0. The fourth-order valence-corrected chi connectivity index (χ4v) is 5.02. The van der Waals surface area contributed by atoms with Crippen LogP contribution in [0.1, 0.15) is 83.3 Å². The molecule has 2 fully saturated rings. The van der Waals surface area contributed by atoms with Crippen molar-refractivity contribution in [3.63, 3.8) is 0 Å². The molecule has 2 aliphatic rings. The number of rotatable bonds is 11. The van der Waals surface area contributed by atoms with Crippen LogP contribution in [0, 0.1) is 0 Å². The van der Waals surface area contributed by atoms with E-state index in [2.05, 4.69) is 39.6 Å². The van der Waals surface area contributed by atoms with E-state index in [0.717, 1.165) is 25.7 Å². The zero-order chi connectivity index (χ0) is 25.9. The van der Waals surface area contributed by atoms with Gasteiger partial charge >= 0.3 is 0 Å². The Morgan fingerprint density at radius 1 is 1.22 bits per heavy atom. The molecule has 0 aromatic carbocycles. The van der Waals surface area contributed by atoms with Crippen LogP contribution in [0.3, 0.4) is 0 Å². The predicted molar refractivity (Wildman–Crippen MR) is 133 cm³/mol. The van der Waals surface area contributed by atoms with E-state index in [0.29, 0.717) is 47.7 Å². The molecule has 0 spiro atoms. The zero-order valence-electron chi connectivity index (χ0n) is 21.3. The third-order valence-corrected chi connectivity index (χ3v) is 7.18. The van der Waals surface area contributed by atoms with E-state index >= 15 is 0 Å². The largest absolute Gasteiger partial charge is 0.457 e. The van der Waals surface area contributed by atoms with Gasteiger partial charge in [-0.3, -0.25) is 9.36 Å². The number of hydrogen-bond donors (Lipinski definition) is 3. The van der Waals surface area contributed by atoms with Gasteiger partial charge in [0.25, 0.3) is 12.4 Å². The van der Waals surface area contributed by atoms with E-state index in [-0.39, 0.29) is 11.9 Å². The highest BCUT2D eigenvalue weighted by Crippen LogP contribution is 2.41. The van der Waals surface area contributed by atoms with Crippen molar-refractivity contribution in [1.82, 2.24) is 29.7 Å². The van der Waals surface area contributed by atoms with Crippen molar-refractivity contribution >= 4 is 29.4 Å². The molecule has 0 bridgehead atoms. The van der Waals surface area contributed by atoms with Crippen LogP contribution in [0.5, 0.6) is 0 Å². The van der Waals surface area contributed by atoms with E-state index in [9.17, 15) is 9.90 Å². The Bertz CT molecular complexity index is 1210. The molecule has 1 aliphatic heterocycles. The molecule has 5 rings (SSSR count). The lowest BCUT2D eigenvalue weighted by Crippen LogP contribution is -2.32. The summed E-state index contributed by atoms with van der Waals surface area (Å²) >= 11 is 0. The minimum Gasteiger partial charge on any atom is -0.457 e. The fraction of sp³-hybridized carbons (Fsp3) is 0.667. The Morgan fingerprint density at radius 3 is 2.68 bits per heavy atom. The molecule has 4 heterocycles. The Kier molecular flexibility index (Phi) is 7.51. The lowest BCUT2D eigenvalue weighted by atomic mass is 10.1. The van der Waals surface area contributed by atoms with Crippen molar-refractivity contribution in [3.05, 3.63) is 18.0 Å². The molecular formula is C24H34N8O5. The van der Waals surface area contributed by atoms with E-state index in [1.54, 1.807) is 10.9 Å². The van der Waals surface area contributed by atoms with Crippen LogP contribution < -0.4 is 10.6 Å². The van der Waals surface area contributed by atoms with Crippen molar-refractivity contribution in [3.8, 4) is 0 Å². The molecule has 0 amide bonds. The molecule has 3 N–H and O–H groups in total. The number of fused-ring (bicyclic) bond motifs is 1. The number of imidazole rings is 1. The van der Waals surface area contributed by atoms with Crippen LogP contribution in [0.2, 0.25) is 0 Å². The number of aromatic nitrogens is 6. The van der Waals surface area contributed by atoms with Crippen LogP contribution in [-0.4, -0.2) is 65.5 Å². The third kappa shape index (κ3) is 4.97. The van der Waals surface area contributed by atoms with Gasteiger partial charge in [-0.2, -0.15) is 15.0 Å². The van der Waals surface area contributed by atoms with Gasteiger partial charge in [-0.15, -0.1) is 0 Å². The summed E-state index contributed by atoms with van der Waals surface area (Å²) in [6, 6.07) is 0.521. The number of hydrogen-bond acceptors (Lipinski definition) is 12. The monoisotopic (exact) mass is 514 g/mol. The second-order valence-corrected chi connectivity index (χ2v) is 9.54. The van der Waals surface area contributed by atoms with Crippen LogP contribution in [-0.2, 0) is 20.7 Å². The number of nitrogens with zero attached hydrogens (tertiary/aromatic N) is 6. The number of aliphatic hydroxyl groups is 1. The van der Waals surface area contributed by atoms with Gasteiger partial charge in [0.2, 0.25) is 5.95 Å². The maximum Gasteiger partial charge on any atom is 0.293 e. The standard InChI is InChI=1S/C24H34N8O5/c1-4-13(5-2)26-20-16-21(30-24(29-20)27-14-9-7-8-10-14)32(11-25-16)23-19(35-12-33)17(34)18(36-23)22-28-15(6-3)31-37-22/h11-14,17-19,23,34H,4-10H2,1-3H3,(H2,26,27,29,30)/t17-,18+,19-,23-/m1/s1. The summed E-state index contributed by atoms with van der Waals surface area (Å²) in [5.41, 5.74) is 1.04. The smallest absolute Gasteiger partial charge is 0.293 e. The average Bonchev–Trinajstić information content (AvgIpc) is 3.71. The first-order valence-corrected chi connectivity index (χ1v) is 13.1. The molecule has 1 saturated carbocycles. The minimum atomic E-state index is -1.24.